The molecule has 0 heterocycles. The van der Waals surface area contributed by atoms with E-state index < -0.39 is 5.60 Å². The molecule has 0 fully saturated rings. The number of methoxy groups -OCH3 is 1. The number of hydrogen-bond donors (Lipinski definition) is 1. The summed E-state index contributed by atoms with van der Waals surface area (Å²) in [6.45, 7) is 7.91. The Morgan fingerprint density at radius 2 is 1.88 bits per heavy atom. The highest BCUT2D eigenvalue weighted by Gasteiger charge is 2.28. The molecule has 0 radical (unpaired) electrons. The Bertz CT molecular complexity index is 202. The minimum absolute atomic E-state index is 0.00967. The lowest BCUT2D eigenvalue weighted by atomic mass is 10.0. The molecule has 96 valence electrons. The summed E-state index contributed by atoms with van der Waals surface area (Å²) < 4.78 is 5.17. The van der Waals surface area contributed by atoms with E-state index in [9.17, 15) is 4.79 Å². The van der Waals surface area contributed by atoms with Crippen LogP contribution in [0.15, 0.2) is 0 Å². The van der Waals surface area contributed by atoms with Crippen molar-refractivity contribution in [2.45, 2.75) is 71.4 Å². The van der Waals surface area contributed by atoms with Gasteiger partial charge in [-0.15, -0.1) is 0 Å². The highest BCUT2D eigenvalue weighted by molar-refractivity contribution is 5.84. The van der Waals surface area contributed by atoms with Crippen LogP contribution in [0.3, 0.4) is 0 Å². The molecule has 0 aromatic carbocycles. The first kappa shape index (κ1) is 15.4. The molecule has 1 atom stereocenters. The molecule has 1 unspecified atom stereocenters. The first-order valence-corrected chi connectivity index (χ1v) is 6.34. The van der Waals surface area contributed by atoms with Crippen LogP contribution in [0.4, 0.5) is 0 Å². The summed E-state index contributed by atoms with van der Waals surface area (Å²) in [7, 11) is 1.57. The summed E-state index contributed by atoms with van der Waals surface area (Å²) in [5, 5.41) is 3.08. The third-order valence-corrected chi connectivity index (χ3v) is 2.94. The van der Waals surface area contributed by atoms with Crippen LogP contribution in [-0.4, -0.2) is 24.7 Å². The Hall–Kier alpha value is -0.570. The Labute approximate surface area is 99.9 Å². The van der Waals surface area contributed by atoms with Gasteiger partial charge >= 0.3 is 0 Å². The van der Waals surface area contributed by atoms with Crippen molar-refractivity contribution < 1.29 is 9.53 Å². The van der Waals surface area contributed by atoms with Gasteiger partial charge in [-0.05, 0) is 26.7 Å². The molecule has 0 aliphatic rings. The maximum atomic E-state index is 11.9. The van der Waals surface area contributed by atoms with E-state index in [2.05, 4.69) is 19.2 Å². The molecule has 0 aliphatic heterocycles. The smallest absolute Gasteiger partial charge is 0.251 e. The van der Waals surface area contributed by atoms with Gasteiger partial charge in [0.15, 0.2) is 0 Å². The monoisotopic (exact) mass is 229 g/mol. The van der Waals surface area contributed by atoms with Crippen LogP contribution >= 0.6 is 0 Å². The largest absolute Gasteiger partial charge is 0.369 e. The first-order chi connectivity index (χ1) is 7.47. The quantitative estimate of drug-likeness (QED) is 0.695. The topological polar surface area (TPSA) is 38.3 Å². The van der Waals surface area contributed by atoms with Crippen molar-refractivity contribution in [1.29, 1.82) is 0 Å². The van der Waals surface area contributed by atoms with Crippen LogP contribution in [0.1, 0.15) is 59.8 Å². The fraction of sp³-hybridized carbons (Fsp3) is 0.923. The third kappa shape index (κ3) is 5.50. The van der Waals surface area contributed by atoms with Gasteiger partial charge in [0.2, 0.25) is 0 Å². The minimum atomic E-state index is -0.724. The molecule has 0 aromatic rings. The summed E-state index contributed by atoms with van der Waals surface area (Å²) in [6.07, 6.45) is 5.55. The summed E-state index contributed by atoms with van der Waals surface area (Å²) >= 11 is 0. The van der Waals surface area contributed by atoms with Crippen molar-refractivity contribution in [2.24, 2.45) is 0 Å². The van der Waals surface area contributed by atoms with Crippen molar-refractivity contribution in [3.05, 3.63) is 0 Å². The van der Waals surface area contributed by atoms with Gasteiger partial charge in [-0.1, -0.05) is 33.1 Å². The molecule has 0 aromatic heterocycles. The maximum Gasteiger partial charge on any atom is 0.251 e. The number of ether oxygens (including phenoxy) is 1. The van der Waals surface area contributed by atoms with Gasteiger partial charge in [0.25, 0.3) is 5.91 Å². The lowest BCUT2D eigenvalue weighted by Gasteiger charge is -2.26. The van der Waals surface area contributed by atoms with E-state index in [1.165, 1.54) is 12.8 Å². The van der Waals surface area contributed by atoms with E-state index in [1.807, 2.05) is 0 Å². The SMILES string of the molecule is CCCCC(CCC)NC(=O)C(C)(C)OC. The molecule has 3 heteroatoms. The second kappa shape index (κ2) is 7.66. The molecule has 1 amide bonds. The second-order valence-corrected chi connectivity index (χ2v) is 4.82. The summed E-state index contributed by atoms with van der Waals surface area (Å²) in [5.41, 5.74) is -0.724. The predicted molar refractivity (Wildman–Crippen MR) is 67.5 cm³/mol. The number of rotatable bonds is 8. The standard InChI is InChI=1S/C13H27NO2/c1-6-8-10-11(9-7-2)14-12(15)13(3,4)16-5/h11H,6-10H2,1-5H3,(H,14,15). The van der Waals surface area contributed by atoms with E-state index in [4.69, 9.17) is 4.74 Å². The molecule has 0 aliphatic carbocycles. The van der Waals surface area contributed by atoms with E-state index >= 15 is 0 Å². The first-order valence-electron chi connectivity index (χ1n) is 6.34. The van der Waals surface area contributed by atoms with E-state index in [-0.39, 0.29) is 5.91 Å². The van der Waals surface area contributed by atoms with Crippen molar-refractivity contribution >= 4 is 5.91 Å². The van der Waals surface area contributed by atoms with Crippen LogP contribution in [-0.2, 0) is 9.53 Å². The van der Waals surface area contributed by atoms with Gasteiger partial charge in [-0.25, -0.2) is 0 Å². The number of nitrogens with one attached hydrogen (secondary N) is 1. The fourth-order valence-corrected chi connectivity index (χ4v) is 1.54. The Balaban J connectivity index is 4.21. The molecule has 1 N–H and O–H groups in total. The highest BCUT2D eigenvalue weighted by Crippen LogP contribution is 2.11. The average Bonchev–Trinajstić information content (AvgIpc) is 2.26. The number of amides is 1. The van der Waals surface area contributed by atoms with Gasteiger partial charge in [0.05, 0.1) is 0 Å². The molecule has 0 bridgehead atoms. The lowest BCUT2D eigenvalue weighted by molar-refractivity contribution is -0.140. The Morgan fingerprint density at radius 3 is 2.31 bits per heavy atom. The van der Waals surface area contributed by atoms with Gasteiger partial charge in [-0.2, -0.15) is 0 Å². The highest BCUT2D eigenvalue weighted by atomic mass is 16.5. The van der Waals surface area contributed by atoms with Crippen LogP contribution in [0, 0.1) is 0 Å². The molecular formula is C13H27NO2. The molecular weight excluding hydrogens is 202 g/mol. The van der Waals surface area contributed by atoms with Crippen LogP contribution in [0.5, 0.6) is 0 Å². The predicted octanol–water partition coefficient (Wildman–Crippen LogP) is 2.89. The van der Waals surface area contributed by atoms with Gasteiger partial charge in [0.1, 0.15) is 5.60 Å². The number of hydrogen-bond acceptors (Lipinski definition) is 2. The normalized spacial score (nSPS) is 13.6. The van der Waals surface area contributed by atoms with Crippen molar-refractivity contribution in [2.75, 3.05) is 7.11 Å². The number of unbranched alkanes of at least 4 members (excludes halogenated alkanes) is 1. The molecule has 0 rings (SSSR count). The zero-order valence-corrected chi connectivity index (χ0v) is 11.4. The molecule has 0 saturated heterocycles. The van der Waals surface area contributed by atoms with Gasteiger partial charge < -0.3 is 10.1 Å². The van der Waals surface area contributed by atoms with Crippen molar-refractivity contribution in [3.63, 3.8) is 0 Å². The lowest BCUT2D eigenvalue weighted by Crippen LogP contribution is -2.47. The molecule has 3 nitrogen and oxygen atoms in total. The zero-order chi connectivity index (χ0) is 12.6. The van der Waals surface area contributed by atoms with Crippen molar-refractivity contribution in [1.82, 2.24) is 5.32 Å². The summed E-state index contributed by atoms with van der Waals surface area (Å²) in [5.74, 6) is -0.00967. The third-order valence-electron chi connectivity index (χ3n) is 2.94. The van der Waals surface area contributed by atoms with Crippen molar-refractivity contribution in [3.8, 4) is 0 Å². The van der Waals surface area contributed by atoms with Gasteiger partial charge in [0, 0.05) is 13.2 Å². The Morgan fingerprint density at radius 1 is 1.25 bits per heavy atom. The Kier molecular flexibility index (Phi) is 7.39. The van der Waals surface area contributed by atoms with Crippen LogP contribution in [0.2, 0.25) is 0 Å². The summed E-state index contributed by atoms with van der Waals surface area (Å²) in [4.78, 5) is 11.9. The second-order valence-electron chi connectivity index (χ2n) is 4.82. The fourth-order valence-electron chi connectivity index (χ4n) is 1.54. The molecule has 0 spiro atoms. The van der Waals surface area contributed by atoms with Crippen LogP contribution < -0.4 is 5.32 Å². The molecule has 16 heavy (non-hydrogen) atoms. The summed E-state index contributed by atoms with van der Waals surface area (Å²) in [6, 6.07) is 0.298. The molecule has 0 saturated carbocycles. The number of carbonyl (C=O) groups excluding carboxylic acids is 1. The van der Waals surface area contributed by atoms with E-state index in [1.54, 1.807) is 21.0 Å². The maximum absolute atomic E-state index is 11.9. The van der Waals surface area contributed by atoms with Gasteiger partial charge in [-0.3, -0.25) is 4.79 Å². The average molecular weight is 229 g/mol. The zero-order valence-electron chi connectivity index (χ0n) is 11.4. The van der Waals surface area contributed by atoms with E-state index in [0.29, 0.717) is 6.04 Å². The van der Waals surface area contributed by atoms with E-state index in [0.717, 1.165) is 19.3 Å². The minimum Gasteiger partial charge on any atom is -0.369 e. The number of carbonyl (C=O) groups is 1. The van der Waals surface area contributed by atoms with Crippen LogP contribution in [0.25, 0.3) is 0 Å².